The molecule has 0 radical (unpaired) electrons. The Hall–Kier alpha value is -6.84. The van der Waals surface area contributed by atoms with Crippen LogP contribution in [0.1, 0.15) is 0 Å². The van der Waals surface area contributed by atoms with Gasteiger partial charge in [0.15, 0.2) is 0 Å². The van der Waals surface area contributed by atoms with Gasteiger partial charge in [-0.3, -0.25) is 0 Å². The zero-order chi connectivity index (χ0) is 33.5. The van der Waals surface area contributed by atoms with Crippen molar-refractivity contribution in [3.63, 3.8) is 0 Å². The van der Waals surface area contributed by atoms with Crippen molar-refractivity contribution in [1.29, 1.82) is 0 Å². The molecule has 0 unspecified atom stereocenters. The van der Waals surface area contributed by atoms with Gasteiger partial charge in [0.1, 0.15) is 11.2 Å². The summed E-state index contributed by atoms with van der Waals surface area (Å²) in [5.74, 6) is 0. The lowest BCUT2D eigenvalue weighted by Crippen LogP contribution is -1.94. The molecule has 0 N–H and O–H groups in total. The van der Waals surface area contributed by atoms with Crippen molar-refractivity contribution in [2.75, 3.05) is 0 Å². The average molecular weight is 651 g/mol. The molecule has 0 amide bonds. The summed E-state index contributed by atoms with van der Waals surface area (Å²) in [6.45, 7) is 0. The summed E-state index contributed by atoms with van der Waals surface area (Å²) >= 11 is 0. The summed E-state index contributed by atoms with van der Waals surface area (Å²) in [7, 11) is 0. The van der Waals surface area contributed by atoms with Gasteiger partial charge in [-0.05, 0) is 89.0 Å². The number of aromatic nitrogens is 2. The Kier molecular flexibility index (Phi) is 5.96. The number of benzene rings is 8. The van der Waals surface area contributed by atoms with Gasteiger partial charge in [0.25, 0.3) is 0 Å². The highest BCUT2D eigenvalue weighted by molar-refractivity contribution is 6.12. The van der Waals surface area contributed by atoms with Crippen molar-refractivity contribution in [3.8, 4) is 33.6 Å². The van der Waals surface area contributed by atoms with E-state index in [2.05, 4.69) is 179 Å². The van der Waals surface area contributed by atoms with E-state index in [1.165, 1.54) is 65.9 Å². The maximum atomic E-state index is 6.09. The molecule has 0 aliphatic carbocycles. The number of rotatable bonds is 4. The number of fused-ring (bicyclic) bond motifs is 9. The van der Waals surface area contributed by atoms with Gasteiger partial charge in [0, 0.05) is 43.7 Å². The summed E-state index contributed by atoms with van der Waals surface area (Å²) in [6.07, 6.45) is 0. The Balaban J connectivity index is 1.06. The third kappa shape index (κ3) is 4.25. The Bertz CT molecular complexity index is 3120. The summed E-state index contributed by atoms with van der Waals surface area (Å²) in [6, 6.07) is 65.6. The van der Waals surface area contributed by atoms with E-state index in [0.717, 1.165) is 33.3 Å². The van der Waals surface area contributed by atoms with E-state index >= 15 is 0 Å². The predicted molar refractivity (Wildman–Crippen MR) is 213 cm³/mol. The van der Waals surface area contributed by atoms with E-state index < -0.39 is 0 Å². The van der Waals surface area contributed by atoms with Crippen molar-refractivity contribution in [2.45, 2.75) is 0 Å². The predicted octanol–water partition coefficient (Wildman–Crippen LogP) is 13.1. The topological polar surface area (TPSA) is 23.0 Å². The average Bonchev–Trinajstić information content (AvgIpc) is 3.85. The standard InChI is InChI=1S/C48H30N2O/c1-2-10-35(11-3-1)49-43-15-7-4-12-37(43)39-25-20-33(29-45(39)49)34-21-26-40-38-13-5-8-16-44(38)50(46(40)30-34)36-23-18-31(19-24-36)32-22-27-48-42(28-32)41-14-6-9-17-47(41)51-48/h1-30H. The van der Waals surface area contributed by atoms with Crippen LogP contribution in [-0.2, 0) is 0 Å². The minimum atomic E-state index is 0.915. The van der Waals surface area contributed by atoms with Gasteiger partial charge in [0.05, 0.1) is 22.1 Å². The Morgan fingerprint density at radius 2 is 0.725 bits per heavy atom. The van der Waals surface area contributed by atoms with Crippen LogP contribution in [0.5, 0.6) is 0 Å². The van der Waals surface area contributed by atoms with Crippen molar-refractivity contribution in [3.05, 3.63) is 182 Å². The smallest absolute Gasteiger partial charge is 0.135 e. The molecule has 3 nitrogen and oxygen atoms in total. The molecule has 238 valence electrons. The number of nitrogens with zero attached hydrogens (tertiary/aromatic N) is 2. The molecule has 0 saturated carbocycles. The molecule has 0 fully saturated rings. The van der Waals surface area contributed by atoms with E-state index in [-0.39, 0.29) is 0 Å². The largest absolute Gasteiger partial charge is 0.456 e. The fourth-order valence-corrected chi connectivity index (χ4v) is 8.14. The Labute approximate surface area is 293 Å². The third-order valence-electron chi connectivity index (χ3n) is 10.5. The molecule has 3 heterocycles. The zero-order valence-electron chi connectivity index (χ0n) is 27.6. The van der Waals surface area contributed by atoms with Gasteiger partial charge in [-0.1, -0.05) is 115 Å². The monoisotopic (exact) mass is 650 g/mol. The molecule has 3 heteroatoms. The molecular weight excluding hydrogens is 621 g/mol. The number of hydrogen-bond acceptors (Lipinski definition) is 1. The van der Waals surface area contributed by atoms with Crippen LogP contribution in [-0.4, -0.2) is 9.13 Å². The minimum absolute atomic E-state index is 0.915. The first kappa shape index (κ1) is 28.0. The quantitative estimate of drug-likeness (QED) is 0.186. The van der Waals surface area contributed by atoms with Crippen molar-refractivity contribution in [2.24, 2.45) is 0 Å². The SMILES string of the molecule is c1ccc(-n2c3ccccc3c3ccc(-c4ccc5c6ccccc6n(-c6ccc(-c7ccc8oc9ccccc9c8c7)cc6)c5c4)cc32)cc1. The summed E-state index contributed by atoms with van der Waals surface area (Å²) in [5.41, 5.74) is 13.7. The van der Waals surface area contributed by atoms with E-state index in [0.29, 0.717) is 0 Å². The zero-order valence-corrected chi connectivity index (χ0v) is 27.6. The molecule has 0 atom stereocenters. The molecular formula is C48H30N2O. The normalized spacial score (nSPS) is 11.9. The lowest BCUT2D eigenvalue weighted by molar-refractivity contribution is 0.669. The number of hydrogen-bond donors (Lipinski definition) is 0. The van der Waals surface area contributed by atoms with Gasteiger partial charge in [-0.2, -0.15) is 0 Å². The van der Waals surface area contributed by atoms with Crippen LogP contribution in [0.3, 0.4) is 0 Å². The van der Waals surface area contributed by atoms with Gasteiger partial charge >= 0.3 is 0 Å². The summed E-state index contributed by atoms with van der Waals surface area (Å²) in [4.78, 5) is 0. The van der Waals surface area contributed by atoms with Crippen LogP contribution in [0.25, 0.3) is 99.2 Å². The van der Waals surface area contributed by atoms with Gasteiger partial charge in [0.2, 0.25) is 0 Å². The Morgan fingerprint density at radius 1 is 0.275 bits per heavy atom. The van der Waals surface area contributed by atoms with E-state index in [1.807, 2.05) is 12.1 Å². The maximum absolute atomic E-state index is 6.09. The van der Waals surface area contributed by atoms with Crippen molar-refractivity contribution >= 4 is 65.6 Å². The van der Waals surface area contributed by atoms with E-state index in [4.69, 9.17) is 4.42 Å². The molecule has 3 aromatic heterocycles. The first-order valence-corrected chi connectivity index (χ1v) is 17.4. The second-order valence-electron chi connectivity index (χ2n) is 13.4. The minimum Gasteiger partial charge on any atom is -0.456 e. The highest BCUT2D eigenvalue weighted by Gasteiger charge is 2.16. The van der Waals surface area contributed by atoms with Crippen LogP contribution in [0.4, 0.5) is 0 Å². The van der Waals surface area contributed by atoms with Gasteiger partial charge < -0.3 is 13.6 Å². The second kappa shape index (κ2) is 10.8. The number of para-hydroxylation sites is 4. The first-order valence-electron chi connectivity index (χ1n) is 17.4. The van der Waals surface area contributed by atoms with Crippen LogP contribution in [0.2, 0.25) is 0 Å². The van der Waals surface area contributed by atoms with Crippen LogP contribution in [0.15, 0.2) is 186 Å². The molecule has 0 aliphatic heterocycles. The highest BCUT2D eigenvalue weighted by atomic mass is 16.3. The van der Waals surface area contributed by atoms with Crippen LogP contribution in [0, 0.1) is 0 Å². The van der Waals surface area contributed by atoms with Crippen LogP contribution < -0.4 is 0 Å². The van der Waals surface area contributed by atoms with E-state index in [9.17, 15) is 0 Å². The molecule has 11 rings (SSSR count). The number of furan rings is 1. The lowest BCUT2D eigenvalue weighted by atomic mass is 10.0. The summed E-state index contributed by atoms with van der Waals surface area (Å²) < 4.78 is 10.9. The summed E-state index contributed by atoms with van der Waals surface area (Å²) in [5, 5.41) is 7.31. The molecule has 0 aliphatic rings. The molecule has 0 spiro atoms. The van der Waals surface area contributed by atoms with Gasteiger partial charge in [-0.15, -0.1) is 0 Å². The highest BCUT2D eigenvalue weighted by Crippen LogP contribution is 2.39. The Morgan fingerprint density at radius 3 is 1.37 bits per heavy atom. The molecule has 0 saturated heterocycles. The second-order valence-corrected chi connectivity index (χ2v) is 13.4. The maximum Gasteiger partial charge on any atom is 0.135 e. The first-order chi connectivity index (χ1) is 25.3. The van der Waals surface area contributed by atoms with E-state index in [1.54, 1.807) is 0 Å². The molecule has 8 aromatic carbocycles. The van der Waals surface area contributed by atoms with Crippen molar-refractivity contribution in [1.82, 2.24) is 9.13 Å². The van der Waals surface area contributed by atoms with Crippen LogP contribution >= 0.6 is 0 Å². The lowest BCUT2D eigenvalue weighted by Gasteiger charge is -2.11. The fraction of sp³-hybridized carbons (Fsp3) is 0. The molecule has 11 aromatic rings. The van der Waals surface area contributed by atoms with Crippen molar-refractivity contribution < 1.29 is 4.42 Å². The fourth-order valence-electron chi connectivity index (χ4n) is 8.14. The van der Waals surface area contributed by atoms with Gasteiger partial charge in [-0.25, -0.2) is 0 Å². The molecule has 51 heavy (non-hydrogen) atoms. The third-order valence-corrected chi connectivity index (χ3v) is 10.5. The molecule has 0 bridgehead atoms.